The van der Waals surface area contributed by atoms with Crippen LogP contribution in [0.2, 0.25) is 0 Å². The third-order valence-electron chi connectivity index (χ3n) is 2.39. The molecule has 0 radical (unpaired) electrons. The van der Waals surface area contributed by atoms with Crippen molar-refractivity contribution in [2.45, 2.75) is 13.8 Å². The number of anilines is 1. The molecule has 5 nitrogen and oxygen atoms in total. The van der Waals surface area contributed by atoms with Gasteiger partial charge in [-0.3, -0.25) is 4.79 Å². The lowest BCUT2D eigenvalue weighted by Crippen LogP contribution is -2.32. The zero-order chi connectivity index (χ0) is 13.9. The van der Waals surface area contributed by atoms with Crippen LogP contribution in [0.25, 0.3) is 0 Å². The van der Waals surface area contributed by atoms with E-state index < -0.39 is 5.92 Å². The van der Waals surface area contributed by atoms with Crippen LogP contribution >= 0.6 is 31.9 Å². The zero-order valence-corrected chi connectivity index (χ0v) is 13.0. The molecule has 1 atom stereocenters. The second-order valence-electron chi connectivity index (χ2n) is 3.84. The summed E-state index contributed by atoms with van der Waals surface area (Å²) in [6.07, 6.45) is 0. The number of amides is 1. The molecular weight excluding hydrogens is 366 g/mol. The standard InChI is InChI=1S/C11H13Br2N3O2/c1-5-3-7(12)9(8(13)4-5)15-11(17)6(2)10(14)16-18/h3-4,6,18H,1-2H3,(H2,14,16)(H,15,17). The van der Waals surface area contributed by atoms with Crippen molar-refractivity contribution in [1.82, 2.24) is 0 Å². The van der Waals surface area contributed by atoms with Crippen LogP contribution in [0.1, 0.15) is 12.5 Å². The number of aryl methyl sites for hydroxylation is 1. The molecule has 4 N–H and O–H groups in total. The number of halogens is 2. The molecule has 1 unspecified atom stereocenters. The van der Waals surface area contributed by atoms with Gasteiger partial charge in [0.1, 0.15) is 0 Å². The number of carbonyl (C=O) groups excluding carboxylic acids is 1. The molecule has 0 aromatic heterocycles. The number of amidine groups is 1. The van der Waals surface area contributed by atoms with Gasteiger partial charge in [-0.25, -0.2) is 0 Å². The second-order valence-corrected chi connectivity index (χ2v) is 5.55. The van der Waals surface area contributed by atoms with E-state index in [1.54, 1.807) is 6.92 Å². The highest BCUT2D eigenvalue weighted by atomic mass is 79.9. The zero-order valence-electron chi connectivity index (χ0n) is 9.87. The molecule has 98 valence electrons. The van der Waals surface area contributed by atoms with E-state index in [9.17, 15) is 4.79 Å². The largest absolute Gasteiger partial charge is 0.409 e. The number of oxime groups is 1. The molecule has 1 aromatic carbocycles. The Labute approximate surface area is 122 Å². The summed E-state index contributed by atoms with van der Waals surface area (Å²) in [5.74, 6) is -1.20. The molecular formula is C11H13Br2N3O2. The molecule has 0 aliphatic carbocycles. The van der Waals surface area contributed by atoms with Crippen LogP contribution in [-0.2, 0) is 4.79 Å². The van der Waals surface area contributed by atoms with Gasteiger partial charge in [-0.15, -0.1) is 0 Å². The number of hydrogen-bond acceptors (Lipinski definition) is 3. The lowest BCUT2D eigenvalue weighted by Gasteiger charge is -2.14. The summed E-state index contributed by atoms with van der Waals surface area (Å²) in [4.78, 5) is 11.9. The number of rotatable bonds is 3. The summed E-state index contributed by atoms with van der Waals surface area (Å²) in [7, 11) is 0. The maximum absolute atomic E-state index is 11.9. The van der Waals surface area contributed by atoms with E-state index in [2.05, 4.69) is 42.3 Å². The lowest BCUT2D eigenvalue weighted by atomic mass is 10.1. The van der Waals surface area contributed by atoms with Gasteiger partial charge in [-0.2, -0.15) is 0 Å². The topological polar surface area (TPSA) is 87.7 Å². The van der Waals surface area contributed by atoms with Gasteiger partial charge in [0.05, 0.1) is 11.6 Å². The third-order valence-corrected chi connectivity index (χ3v) is 3.64. The summed E-state index contributed by atoms with van der Waals surface area (Å²) in [6.45, 7) is 3.50. The van der Waals surface area contributed by atoms with E-state index in [1.807, 2.05) is 19.1 Å². The van der Waals surface area contributed by atoms with Crippen LogP contribution in [-0.4, -0.2) is 17.0 Å². The maximum atomic E-state index is 11.9. The molecule has 0 fully saturated rings. The van der Waals surface area contributed by atoms with Crippen LogP contribution < -0.4 is 11.1 Å². The van der Waals surface area contributed by atoms with Gasteiger partial charge < -0.3 is 16.3 Å². The number of carbonyl (C=O) groups is 1. The van der Waals surface area contributed by atoms with Crippen LogP contribution in [0.15, 0.2) is 26.2 Å². The van der Waals surface area contributed by atoms with Crippen molar-refractivity contribution in [2.75, 3.05) is 5.32 Å². The fraction of sp³-hybridized carbons (Fsp3) is 0.273. The van der Waals surface area contributed by atoms with Gasteiger partial charge in [0, 0.05) is 8.95 Å². The van der Waals surface area contributed by atoms with Crippen molar-refractivity contribution < 1.29 is 10.0 Å². The first-order chi connectivity index (χ1) is 8.36. The van der Waals surface area contributed by atoms with Crippen molar-refractivity contribution in [3.8, 4) is 0 Å². The summed E-state index contributed by atoms with van der Waals surface area (Å²) in [5.41, 5.74) is 7.05. The highest BCUT2D eigenvalue weighted by Crippen LogP contribution is 2.32. The maximum Gasteiger partial charge on any atom is 0.234 e. The van der Waals surface area contributed by atoms with Crippen molar-refractivity contribution in [3.63, 3.8) is 0 Å². The Balaban J connectivity index is 2.96. The van der Waals surface area contributed by atoms with Crippen LogP contribution in [0.3, 0.4) is 0 Å². The molecule has 1 rings (SSSR count). The minimum Gasteiger partial charge on any atom is -0.409 e. The first-order valence-electron chi connectivity index (χ1n) is 5.10. The first-order valence-corrected chi connectivity index (χ1v) is 6.69. The highest BCUT2D eigenvalue weighted by molar-refractivity contribution is 9.11. The summed E-state index contributed by atoms with van der Waals surface area (Å²) in [6, 6.07) is 3.77. The Morgan fingerprint density at radius 2 is 1.94 bits per heavy atom. The fourth-order valence-corrected chi connectivity index (χ4v) is 2.89. The number of hydrogen-bond donors (Lipinski definition) is 3. The molecule has 0 aliphatic rings. The van der Waals surface area contributed by atoms with Crippen LogP contribution in [0.5, 0.6) is 0 Å². The smallest absolute Gasteiger partial charge is 0.234 e. The summed E-state index contributed by atoms with van der Waals surface area (Å²) < 4.78 is 1.52. The van der Waals surface area contributed by atoms with E-state index in [4.69, 9.17) is 10.9 Å². The van der Waals surface area contributed by atoms with Crippen molar-refractivity contribution in [2.24, 2.45) is 16.8 Å². The number of benzene rings is 1. The Bertz CT molecular complexity index is 480. The fourth-order valence-electron chi connectivity index (χ4n) is 1.27. The lowest BCUT2D eigenvalue weighted by molar-refractivity contribution is -0.117. The van der Waals surface area contributed by atoms with Gasteiger partial charge in [0.2, 0.25) is 5.91 Å². The second kappa shape index (κ2) is 6.19. The van der Waals surface area contributed by atoms with Crippen LogP contribution in [0.4, 0.5) is 5.69 Å². The van der Waals surface area contributed by atoms with E-state index in [0.29, 0.717) is 5.69 Å². The average molecular weight is 379 g/mol. The van der Waals surface area contributed by atoms with Crippen molar-refractivity contribution in [1.29, 1.82) is 0 Å². The third kappa shape index (κ3) is 3.46. The molecule has 18 heavy (non-hydrogen) atoms. The molecule has 1 aromatic rings. The highest BCUT2D eigenvalue weighted by Gasteiger charge is 2.19. The summed E-state index contributed by atoms with van der Waals surface area (Å²) in [5, 5.41) is 14.1. The molecule has 7 heteroatoms. The van der Waals surface area contributed by atoms with E-state index >= 15 is 0 Å². The molecule has 0 heterocycles. The molecule has 0 spiro atoms. The molecule has 1 amide bonds. The molecule has 0 saturated heterocycles. The Morgan fingerprint density at radius 1 is 1.44 bits per heavy atom. The van der Waals surface area contributed by atoms with Gasteiger partial charge >= 0.3 is 0 Å². The Morgan fingerprint density at radius 3 is 2.39 bits per heavy atom. The number of nitrogens with two attached hydrogens (primary N) is 1. The predicted octanol–water partition coefficient (Wildman–Crippen LogP) is 2.84. The normalized spacial score (nSPS) is 13.2. The number of nitrogens with one attached hydrogen (secondary N) is 1. The molecule has 0 bridgehead atoms. The van der Waals surface area contributed by atoms with Gasteiger partial charge in [0.25, 0.3) is 0 Å². The predicted molar refractivity (Wildman–Crippen MR) is 77.8 cm³/mol. The van der Waals surface area contributed by atoms with E-state index in [0.717, 1.165) is 14.5 Å². The SMILES string of the molecule is Cc1cc(Br)c(NC(=O)C(C)C(N)=NO)c(Br)c1. The summed E-state index contributed by atoms with van der Waals surface area (Å²) >= 11 is 6.75. The van der Waals surface area contributed by atoms with Crippen molar-refractivity contribution >= 4 is 49.3 Å². The molecule has 0 saturated carbocycles. The average Bonchev–Trinajstić information content (AvgIpc) is 2.31. The van der Waals surface area contributed by atoms with E-state index in [-0.39, 0.29) is 11.7 Å². The van der Waals surface area contributed by atoms with Gasteiger partial charge in [-0.05, 0) is 63.4 Å². The monoisotopic (exact) mass is 377 g/mol. The number of nitrogens with zero attached hydrogens (tertiary/aromatic N) is 1. The van der Waals surface area contributed by atoms with Gasteiger partial charge in [-0.1, -0.05) is 5.16 Å². The van der Waals surface area contributed by atoms with Crippen LogP contribution in [0, 0.1) is 12.8 Å². The van der Waals surface area contributed by atoms with Gasteiger partial charge in [0.15, 0.2) is 5.84 Å². The van der Waals surface area contributed by atoms with E-state index in [1.165, 1.54) is 0 Å². The van der Waals surface area contributed by atoms with Crippen molar-refractivity contribution in [3.05, 3.63) is 26.6 Å². The Hall–Kier alpha value is -1.08. The molecule has 0 aliphatic heterocycles. The minimum absolute atomic E-state index is 0.133. The first kappa shape index (κ1) is 15.0. The minimum atomic E-state index is -0.713. The quantitative estimate of drug-likeness (QED) is 0.327. The Kier molecular flexibility index (Phi) is 5.15.